The highest BCUT2D eigenvalue weighted by molar-refractivity contribution is 6.30. The van der Waals surface area contributed by atoms with Gasteiger partial charge in [-0.2, -0.15) is 0 Å². The summed E-state index contributed by atoms with van der Waals surface area (Å²) < 4.78 is 1.63. The van der Waals surface area contributed by atoms with Crippen LogP contribution in [0.15, 0.2) is 24.3 Å². The SMILES string of the molecule is Cc1nnnn1CCC(=O)NCC1(c2ccc(Cl)cc2)CC1. The molecule has 0 spiro atoms. The highest BCUT2D eigenvalue weighted by Gasteiger charge is 2.44. The second-order valence-corrected chi connectivity index (χ2v) is 6.20. The van der Waals surface area contributed by atoms with Crippen molar-refractivity contribution in [2.75, 3.05) is 6.54 Å². The van der Waals surface area contributed by atoms with Gasteiger partial charge < -0.3 is 5.32 Å². The van der Waals surface area contributed by atoms with Gasteiger partial charge in [0.15, 0.2) is 0 Å². The Kier molecular flexibility index (Phi) is 4.11. The van der Waals surface area contributed by atoms with Gasteiger partial charge in [-0.3, -0.25) is 4.79 Å². The largest absolute Gasteiger partial charge is 0.355 e. The van der Waals surface area contributed by atoms with E-state index in [0.717, 1.165) is 17.9 Å². The zero-order valence-corrected chi connectivity index (χ0v) is 13.2. The number of benzene rings is 1. The summed E-state index contributed by atoms with van der Waals surface area (Å²) in [5.41, 5.74) is 1.33. The van der Waals surface area contributed by atoms with E-state index in [2.05, 4.69) is 20.8 Å². The van der Waals surface area contributed by atoms with Gasteiger partial charge >= 0.3 is 0 Å². The fraction of sp³-hybridized carbons (Fsp3) is 0.467. The number of nitrogens with one attached hydrogen (secondary N) is 1. The molecule has 116 valence electrons. The van der Waals surface area contributed by atoms with Gasteiger partial charge in [0, 0.05) is 23.4 Å². The molecule has 0 radical (unpaired) electrons. The molecule has 0 bridgehead atoms. The van der Waals surface area contributed by atoms with Crippen LogP contribution in [0, 0.1) is 6.92 Å². The Bertz CT molecular complexity index is 663. The van der Waals surface area contributed by atoms with E-state index in [1.807, 2.05) is 31.2 Å². The molecular weight excluding hydrogens is 302 g/mol. The van der Waals surface area contributed by atoms with E-state index in [0.29, 0.717) is 25.3 Å². The molecule has 1 fully saturated rings. The molecule has 22 heavy (non-hydrogen) atoms. The fourth-order valence-corrected chi connectivity index (χ4v) is 2.67. The van der Waals surface area contributed by atoms with Crippen LogP contribution in [0.3, 0.4) is 0 Å². The number of aromatic nitrogens is 4. The van der Waals surface area contributed by atoms with Gasteiger partial charge in [0.05, 0.1) is 6.54 Å². The number of hydrogen-bond acceptors (Lipinski definition) is 4. The number of tetrazole rings is 1. The number of amides is 1. The number of halogens is 1. The number of carbonyl (C=O) groups is 1. The summed E-state index contributed by atoms with van der Waals surface area (Å²) in [5, 5.41) is 14.9. The molecule has 1 saturated carbocycles. The topological polar surface area (TPSA) is 72.7 Å². The molecule has 1 aliphatic carbocycles. The van der Waals surface area contributed by atoms with Crippen LogP contribution in [0.4, 0.5) is 0 Å². The predicted octanol–water partition coefficient (Wildman–Crippen LogP) is 1.87. The Labute approximate surface area is 133 Å². The lowest BCUT2D eigenvalue weighted by molar-refractivity contribution is -0.121. The van der Waals surface area contributed by atoms with E-state index < -0.39 is 0 Å². The molecule has 0 atom stereocenters. The third kappa shape index (κ3) is 3.27. The number of rotatable bonds is 6. The highest BCUT2D eigenvalue weighted by atomic mass is 35.5. The van der Waals surface area contributed by atoms with Crippen molar-refractivity contribution in [3.05, 3.63) is 40.7 Å². The standard InChI is InChI=1S/C15H18ClN5O/c1-11-18-19-20-21(11)9-6-14(22)17-10-15(7-8-15)12-2-4-13(16)5-3-12/h2-5H,6-10H2,1H3,(H,17,22). The molecule has 7 heteroatoms. The fourth-order valence-electron chi connectivity index (χ4n) is 2.54. The maximum atomic E-state index is 12.0. The third-order valence-electron chi connectivity index (χ3n) is 4.20. The average Bonchev–Trinajstić information content (AvgIpc) is 3.20. The molecule has 1 aromatic heterocycles. The van der Waals surface area contributed by atoms with Crippen molar-refractivity contribution in [2.45, 2.75) is 38.1 Å². The maximum absolute atomic E-state index is 12.0. The van der Waals surface area contributed by atoms with Crippen molar-refractivity contribution in [1.82, 2.24) is 25.5 Å². The minimum Gasteiger partial charge on any atom is -0.355 e. The first-order chi connectivity index (χ1) is 10.6. The minimum absolute atomic E-state index is 0.0233. The minimum atomic E-state index is 0.0233. The lowest BCUT2D eigenvalue weighted by Crippen LogP contribution is -2.32. The summed E-state index contributed by atoms with van der Waals surface area (Å²) in [7, 11) is 0. The number of aryl methyl sites for hydroxylation is 2. The zero-order valence-electron chi connectivity index (χ0n) is 12.4. The molecule has 0 aliphatic heterocycles. The van der Waals surface area contributed by atoms with Crippen LogP contribution in [0.5, 0.6) is 0 Å². The van der Waals surface area contributed by atoms with Gasteiger partial charge in [-0.15, -0.1) is 5.10 Å². The van der Waals surface area contributed by atoms with Crippen LogP contribution in [0.25, 0.3) is 0 Å². The molecule has 1 aliphatic rings. The summed E-state index contributed by atoms with van der Waals surface area (Å²) in [6.07, 6.45) is 2.57. The summed E-state index contributed by atoms with van der Waals surface area (Å²) >= 11 is 5.92. The molecule has 1 amide bonds. The van der Waals surface area contributed by atoms with Gasteiger partial charge in [0.2, 0.25) is 5.91 Å². The van der Waals surface area contributed by atoms with E-state index in [1.165, 1.54) is 5.56 Å². The van der Waals surface area contributed by atoms with E-state index in [9.17, 15) is 4.79 Å². The molecule has 2 aromatic rings. The zero-order chi connectivity index (χ0) is 15.6. The van der Waals surface area contributed by atoms with Crippen LogP contribution < -0.4 is 5.32 Å². The lowest BCUT2D eigenvalue weighted by atomic mass is 9.96. The molecule has 0 saturated heterocycles. The molecule has 1 aromatic carbocycles. The summed E-state index contributed by atoms with van der Waals surface area (Å²) in [6.45, 7) is 2.98. The Morgan fingerprint density at radius 1 is 1.36 bits per heavy atom. The highest BCUT2D eigenvalue weighted by Crippen LogP contribution is 2.47. The van der Waals surface area contributed by atoms with Gasteiger partial charge in [-0.1, -0.05) is 23.7 Å². The number of nitrogens with zero attached hydrogens (tertiary/aromatic N) is 4. The monoisotopic (exact) mass is 319 g/mol. The molecule has 6 nitrogen and oxygen atoms in total. The Morgan fingerprint density at radius 3 is 2.68 bits per heavy atom. The normalized spacial score (nSPS) is 15.5. The predicted molar refractivity (Wildman–Crippen MR) is 82.5 cm³/mol. The maximum Gasteiger partial charge on any atom is 0.221 e. The molecule has 1 heterocycles. The van der Waals surface area contributed by atoms with Gasteiger partial charge in [0.1, 0.15) is 5.82 Å². The Balaban J connectivity index is 1.50. The smallest absolute Gasteiger partial charge is 0.221 e. The quantitative estimate of drug-likeness (QED) is 0.882. The van der Waals surface area contributed by atoms with E-state index in [-0.39, 0.29) is 11.3 Å². The van der Waals surface area contributed by atoms with Crippen LogP contribution in [-0.4, -0.2) is 32.7 Å². The van der Waals surface area contributed by atoms with Gasteiger partial charge in [0.25, 0.3) is 0 Å². The van der Waals surface area contributed by atoms with Gasteiger partial charge in [-0.25, -0.2) is 4.68 Å². The van der Waals surface area contributed by atoms with Crippen molar-refractivity contribution in [3.8, 4) is 0 Å². The van der Waals surface area contributed by atoms with Crippen LogP contribution in [-0.2, 0) is 16.8 Å². The average molecular weight is 320 g/mol. The molecular formula is C15H18ClN5O. The van der Waals surface area contributed by atoms with Crippen molar-refractivity contribution in [2.24, 2.45) is 0 Å². The Morgan fingerprint density at radius 2 is 2.09 bits per heavy atom. The van der Waals surface area contributed by atoms with Crippen LogP contribution in [0.1, 0.15) is 30.7 Å². The summed E-state index contributed by atoms with van der Waals surface area (Å²) in [4.78, 5) is 12.0. The molecule has 3 rings (SSSR count). The second-order valence-electron chi connectivity index (χ2n) is 5.76. The van der Waals surface area contributed by atoms with Crippen LogP contribution >= 0.6 is 11.6 Å². The van der Waals surface area contributed by atoms with Crippen molar-refractivity contribution in [1.29, 1.82) is 0 Å². The second kappa shape index (κ2) is 6.04. The van der Waals surface area contributed by atoms with Crippen LogP contribution in [0.2, 0.25) is 5.02 Å². The van der Waals surface area contributed by atoms with E-state index >= 15 is 0 Å². The van der Waals surface area contributed by atoms with Crippen molar-refractivity contribution < 1.29 is 4.79 Å². The first kappa shape index (κ1) is 15.0. The van der Waals surface area contributed by atoms with Gasteiger partial charge in [-0.05, 0) is 47.9 Å². The lowest BCUT2D eigenvalue weighted by Gasteiger charge is -2.16. The molecule has 0 unspecified atom stereocenters. The Hall–Kier alpha value is -1.95. The third-order valence-corrected chi connectivity index (χ3v) is 4.45. The van der Waals surface area contributed by atoms with Crippen molar-refractivity contribution in [3.63, 3.8) is 0 Å². The van der Waals surface area contributed by atoms with E-state index in [1.54, 1.807) is 4.68 Å². The molecule has 1 N–H and O–H groups in total. The number of hydrogen-bond donors (Lipinski definition) is 1. The first-order valence-corrected chi connectivity index (χ1v) is 7.72. The number of carbonyl (C=O) groups excluding carboxylic acids is 1. The van der Waals surface area contributed by atoms with Crippen molar-refractivity contribution >= 4 is 17.5 Å². The first-order valence-electron chi connectivity index (χ1n) is 7.35. The summed E-state index contributed by atoms with van der Waals surface area (Å²) in [5.74, 6) is 0.739. The summed E-state index contributed by atoms with van der Waals surface area (Å²) in [6, 6.07) is 7.90. The van der Waals surface area contributed by atoms with E-state index in [4.69, 9.17) is 11.6 Å².